The third kappa shape index (κ3) is 3.53. The zero-order valence-electron chi connectivity index (χ0n) is 7.66. The Morgan fingerprint density at radius 1 is 1.42 bits per heavy atom. The highest BCUT2D eigenvalue weighted by atomic mass is 15.3. The van der Waals surface area contributed by atoms with Crippen molar-refractivity contribution in [2.24, 2.45) is 0 Å². The topological polar surface area (TPSA) is 29.9 Å². The van der Waals surface area contributed by atoms with Crippen molar-refractivity contribution in [2.75, 3.05) is 13.1 Å². The fourth-order valence-electron chi connectivity index (χ4n) is 1.13. The second-order valence-electron chi connectivity index (χ2n) is 2.83. The molecule has 0 radical (unpaired) electrons. The normalized spacial score (nSPS) is 10.4. The van der Waals surface area contributed by atoms with Gasteiger partial charge in [0.2, 0.25) is 0 Å². The van der Waals surface area contributed by atoms with Crippen LogP contribution in [0.3, 0.4) is 0 Å². The van der Waals surface area contributed by atoms with Gasteiger partial charge in [-0.25, -0.2) is 0 Å². The van der Waals surface area contributed by atoms with Gasteiger partial charge >= 0.3 is 0 Å². The maximum Gasteiger partial charge on any atom is 0.0489 e. The Labute approximate surface area is 73.8 Å². The van der Waals surface area contributed by atoms with Gasteiger partial charge in [0, 0.05) is 18.9 Å². The number of rotatable bonds is 6. The number of hydrogen-bond donors (Lipinski definition) is 1. The molecule has 12 heavy (non-hydrogen) atoms. The van der Waals surface area contributed by atoms with Crippen LogP contribution >= 0.6 is 0 Å². The molecule has 0 aliphatic rings. The average molecular weight is 167 g/mol. The van der Waals surface area contributed by atoms with Crippen LogP contribution < -0.4 is 5.32 Å². The van der Waals surface area contributed by atoms with Crippen LogP contribution in [0.1, 0.15) is 19.8 Å². The van der Waals surface area contributed by atoms with Crippen molar-refractivity contribution in [3.63, 3.8) is 0 Å². The van der Waals surface area contributed by atoms with Crippen molar-refractivity contribution in [1.82, 2.24) is 15.1 Å². The van der Waals surface area contributed by atoms with E-state index in [1.54, 1.807) is 0 Å². The maximum absolute atomic E-state index is 4.13. The Hall–Kier alpha value is -0.830. The summed E-state index contributed by atoms with van der Waals surface area (Å²) >= 11 is 0. The van der Waals surface area contributed by atoms with Crippen LogP contribution in [0.5, 0.6) is 0 Å². The second kappa shape index (κ2) is 5.77. The summed E-state index contributed by atoms with van der Waals surface area (Å²) in [7, 11) is 0. The van der Waals surface area contributed by atoms with E-state index in [4.69, 9.17) is 0 Å². The zero-order chi connectivity index (χ0) is 8.65. The second-order valence-corrected chi connectivity index (χ2v) is 2.83. The summed E-state index contributed by atoms with van der Waals surface area (Å²) in [5.41, 5.74) is 0. The Balaban J connectivity index is 1.96. The van der Waals surface area contributed by atoms with Gasteiger partial charge in [-0.3, -0.25) is 4.68 Å². The Morgan fingerprint density at radius 2 is 2.33 bits per heavy atom. The summed E-state index contributed by atoms with van der Waals surface area (Å²) in [6.07, 6.45) is 6.26. The van der Waals surface area contributed by atoms with Gasteiger partial charge in [0.15, 0.2) is 0 Å². The summed E-state index contributed by atoms with van der Waals surface area (Å²) in [5.74, 6) is 0. The van der Waals surface area contributed by atoms with Crippen molar-refractivity contribution >= 4 is 0 Å². The molecular weight excluding hydrogens is 150 g/mol. The molecule has 0 bridgehead atoms. The zero-order valence-corrected chi connectivity index (χ0v) is 7.66. The lowest BCUT2D eigenvalue weighted by atomic mass is 10.3. The molecule has 0 aliphatic carbocycles. The lowest BCUT2D eigenvalue weighted by molar-refractivity contribution is 0.540. The molecule has 68 valence electrons. The third-order valence-electron chi connectivity index (χ3n) is 1.80. The summed E-state index contributed by atoms with van der Waals surface area (Å²) in [6, 6.07) is 1.96. The van der Waals surface area contributed by atoms with Crippen LogP contribution in [-0.4, -0.2) is 22.9 Å². The van der Waals surface area contributed by atoms with E-state index in [1.165, 1.54) is 12.8 Å². The summed E-state index contributed by atoms with van der Waals surface area (Å²) < 4.78 is 1.98. The maximum atomic E-state index is 4.13. The van der Waals surface area contributed by atoms with Gasteiger partial charge in [-0.05, 0) is 32.0 Å². The predicted octanol–water partition coefficient (Wildman–Crippen LogP) is 1.27. The van der Waals surface area contributed by atoms with Gasteiger partial charge in [-0.2, -0.15) is 5.10 Å². The molecule has 0 saturated heterocycles. The number of hydrogen-bond acceptors (Lipinski definition) is 2. The Bertz CT molecular complexity index is 182. The van der Waals surface area contributed by atoms with Gasteiger partial charge in [-0.1, -0.05) is 6.92 Å². The average Bonchev–Trinajstić information content (AvgIpc) is 2.57. The fraction of sp³-hybridized carbons (Fsp3) is 0.667. The molecule has 1 rings (SSSR count). The van der Waals surface area contributed by atoms with Crippen LogP contribution in [-0.2, 0) is 6.54 Å². The SMILES string of the molecule is CCNCCCCn1cccn1. The molecule has 0 unspecified atom stereocenters. The van der Waals surface area contributed by atoms with Crippen LogP contribution in [0.25, 0.3) is 0 Å². The molecule has 0 atom stereocenters. The molecule has 0 aliphatic heterocycles. The first-order valence-corrected chi connectivity index (χ1v) is 4.61. The monoisotopic (exact) mass is 167 g/mol. The molecule has 3 heteroatoms. The first kappa shape index (κ1) is 9.26. The molecule has 0 saturated carbocycles. The van der Waals surface area contributed by atoms with E-state index in [0.717, 1.165) is 19.6 Å². The standard InChI is InChI=1S/C9H17N3/c1-2-10-6-3-4-8-12-9-5-7-11-12/h5,7,9-10H,2-4,6,8H2,1H3. The van der Waals surface area contributed by atoms with Crippen molar-refractivity contribution in [1.29, 1.82) is 0 Å². The molecule has 1 heterocycles. The van der Waals surface area contributed by atoms with Crippen LogP contribution in [0, 0.1) is 0 Å². The van der Waals surface area contributed by atoms with Crippen LogP contribution in [0.2, 0.25) is 0 Å². The van der Waals surface area contributed by atoms with Gasteiger partial charge in [-0.15, -0.1) is 0 Å². The van der Waals surface area contributed by atoms with E-state index in [2.05, 4.69) is 17.3 Å². The molecule has 1 aromatic rings. The molecular formula is C9H17N3. The van der Waals surface area contributed by atoms with E-state index in [-0.39, 0.29) is 0 Å². The van der Waals surface area contributed by atoms with Crippen molar-refractivity contribution in [2.45, 2.75) is 26.3 Å². The third-order valence-corrected chi connectivity index (χ3v) is 1.80. The highest BCUT2D eigenvalue weighted by Gasteiger charge is 1.90. The minimum atomic E-state index is 1.04. The van der Waals surface area contributed by atoms with E-state index in [1.807, 2.05) is 23.1 Å². The fourth-order valence-corrected chi connectivity index (χ4v) is 1.13. The number of aryl methyl sites for hydroxylation is 1. The first-order valence-electron chi connectivity index (χ1n) is 4.61. The molecule has 0 aromatic carbocycles. The van der Waals surface area contributed by atoms with Crippen molar-refractivity contribution in [3.05, 3.63) is 18.5 Å². The molecule has 0 spiro atoms. The molecule has 0 fully saturated rings. The number of unbranched alkanes of at least 4 members (excludes halogenated alkanes) is 1. The van der Waals surface area contributed by atoms with Crippen LogP contribution in [0.15, 0.2) is 18.5 Å². The minimum Gasteiger partial charge on any atom is -0.317 e. The van der Waals surface area contributed by atoms with Gasteiger partial charge in [0.25, 0.3) is 0 Å². The van der Waals surface area contributed by atoms with E-state index in [0.29, 0.717) is 0 Å². The molecule has 0 amide bonds. The number of nitrogens with zero attached hydrogens (tertiary/aromatic N) is 2. The van der Waals surface area contributed by atoms with E-state index < -0.39 is 0 Å². The van der Waals surface area contributed by atoms with E-state index in [9.17, 15) is 0 Å². The van der Waals surface area contributed by atoms with Gasteiger partial charge < -0.3 is 5.32 Å². The largest absolute Gasteiger partial charge is 0.317 e. The van der Waals surface area contributed by atoms with Gasteiger partial charge in [0.05, 0.1) is 0 Å². The molecule has 1 aromatic heterocycles. The lowest BCUT2D eigenvalue weighted by Crippen LogP contribution is -2.14. The first-order chi connectivity index (χ1) is 5.93. The summed E-state index contributed by atoms with van der Waals surface area (Å²) in [5, 5.41) is 7.43. The van der Waals surface area contributed by atoms with Crippen molar-refractivity contribution < 1.29 is 0 Å². The van der Waals surface area contributed by atoms with Gasteiger partial charge in [0.1, 0.15) is 0 Å². The number of aromatic nitrogens is 2. The van der Waals surface area contributed by atoms with Crippen molar-refractivity contribution in [3.8, 4) is 0 Å². The van der Waals surface area contributed by atoms with Crippen LogP contribution in [0.4, 0.5) is 0 Å². The lowest BCUT2D eigenvalue weighted by Gasteiger charge is -2.01. The number of nitrogens with one attached hydrogen (secondary N) is 1. The summed E-state index contributed by atoms with van der Waals surface area (Å²) in [6.45, 7) is 5.37. The molecule has 1 N–H and O–H groups in total. The van der Waals surface area contributed by atoms with E-state index >= 15 is 0 Å². The Morgan fingerprint density at radius 3 is 3.00 bits per heavy atom. The predicted molar refractivity (Wildman–Crippen MR) is 50.0 cm³/mol. The highest BCUT2D eigenvalue weighted by Crippen LogP contribution is 1.92. The summed E-state index contributed by atoms with van der Waals surface area (Å²) in [4.78, 5) is 0. The smallest absolute Gasteiger partial charge is 0.0489 e. The Kier molecular flexibility index (Phi) is 4.46. The highest BCUT2D eigenvalue weighted by molar-refractivity contribution is 4.77. The quantitative estimate of drug-likeness (QED) is 0.647. The molecule has 3 nitrogen and oxygen atoms in total. The minimum absolute atomic E-state index is 1.04.